The molecule has 0 aliphatic carbocycles. The maximum atomic E-state index is 12.5. The van der Waals surface area contributed by atoms with E-state index in [0.29, 0.717) is 5.56 Å². The lowest BCUT2D eigenvalue weighted by Gasteiger charge is -2.20. The largest absolute Gasteiger partial charge is 0.371 e. The first kappa shape index (κ1) is 24.8. The molecule has 2 atom stereocenters. The zero-order valence-corrected chi connectivity index (χ0v) is 18.0. The fraction of sp³-hybridized carbons (Fsp3) is 0.333. The molecule has 1 aliphatic heterocycles. The number of carbonyl (C=O) groups is 2. The molecular formula is C21H28Cl2N4O2. The first-order valence-electron chi connectivity index (χ1n) is 9.31. The minimum absolute atomic E-state index is 0. The molecule has 0 aromatic heterocycles. The molecular weight excluding hydrogens is 411 g/mol. The van der Waals surface area contributed by atoms with Gasteiger partial charge in [-0.1, -0.05) is 36.4 Å². The standard InChI is InChI=1S/C21H26N4O2.2ClH/c1-15(23-21(27)19(22)16-8-3-2-4-9-16)20(26)24-17-10-7-11-18(14-17)25-12-5-6-13-25;;/h2-4,7-11,14-15,19H,5-6,12-13,22H2,1H3,(H,23,27)(H,24,26);2*1H. The van der Waals surface area contributed by atoms with E-state index in [4.69, 9.17) is 5.73 Å². The molecule has 1 fully saturated rings. The SMILES string of the molecule is CC(NC(=O)C(N)c1ccccc1)C(=O)Nc1cccc(N2CCCC2)c1.Cl.Cl. The molecule has 0 bridgehead atoms. The maximum absolute atomic E-state index is 12.5. The van der Waals surface area contributed by atoms with Gasteiger partial charge in [0.05, 0.1) is 0 Å². The normalized spacial score (nSPS) is 14.8. The molecule has 2 aromatic carbocycles. The highest BCUT2D eigenvalue weighted by Crippen LogP contribution is 2.23. The monoisotopic (exact) mass is 438 g/mol. The van der Waals surface area contributed by atoms with Crippen LogP contribution in [0.1, 0.15) is 31.4 Å². The van der Waals surface area contributed by atoms with Crippen LogP contribution < -0.4 is 21.3 Å². The van der Waals surface area contributed by atoms with E-state index in [9.17, 15) is 9.59 Å². The van der Waals surface area contributed by atoms with Gasteiger partial charge in [-0.05, 0) is 43.5 Å². The molecule has 6 nitrogen and oxygen atoms in total. The predicted molar refractivity (Wildman–Crippen MR) is 122 cm³/mol. The van der Waals surface area contributed by atoms with E-state index in [1.165, 1.54) is 12.8 Å². The van der Waals surface area contributed by atoms with Crippen LogP contribution in [0, 0.1) is 0 Å². The number of anilines is 2. The van der Waals surface area contributed by atoms with E-state index in [2.05, 4.69) is 15.5 Å². The fourth-order valence-corrected chi connectivity index (χ4v) is 3.19. The van der Waals surface area contributed by atoms with E-state index >= 15 is 0 Å². The van der Waals surface area contributed by atoms with Crippen LogP contribution in [0.5, 0.6) is 0 Å². The number of halogens is 2. The molecule has 1 aliphatic rings. The second kappa shape index (κ2) is 11.7. The van der Waals surface area contributed by atoms with Crippen molar-refractivity contribution in [3.63, 3.8) is 0 Å². The Morgan fingerprint density at radius 3 is 2.28 bits per heavy atom. The summed E-state index contributed by atoms with van der Waals surface area (Å²) in [5.41, 5.74) is 8.51. The number of nitrogens with one attached hydrogen (secondary N) is 2. The molecule has 8 heteroatoms. The van der Waals surface area contributed by atoms with Crippen molar-refractivity contribution in [1.29, 1.82) is 0 Å². The quantitative estimate of drug-likeness (QED) is 0.645. The van der Waals surface area contributed by atoms with Crippen molar-refractivity contribution in [2.24, 2.45) is 5.73 Å². The lowest BCUT2D eigenvalue weighted by molar-refractivity contribution is -0.127. The molecule has 158 valence electrons. The molecule has 1 heterocycles. The van der Waals surface area contributed by atoms with Crippen molar-refractivity contribution in [1.82, 2.24) is 5.32 Å². The van der Waals surface area contributed by atoms with Crippen LogP contribution >= 0.6 is 24.8 Å². The van der Waals surface area contributed by atoms with E-state index in [1.807, 2.05) is 42.5 Å². The highest BCUT2D eigenvalue weighted by atomic mass is 35.5. The van der Waals surface area contributed by atoms with Crippen LogP contribution in [0.2, 0.25) is 0 Å². The summed E-state index contributed by atoms with van der Waals surface area (Å²) in [6.07, 6.45) is 2.39. The highest BCUT2D eigenvalue weighted by Gasteiger charge is 2.21. The Balaban J connectivity index is 0.00000210. The Morgan fingerprint density at radius 2 is 1.62 bits per heavy atom. The van der Waals surface area contributed by atoms with Gasteiger partial charge >= 0.3 is 0 Å². The van der Waals surface area contributed by atoms with Crippen LogP contribution in [-0.2, 0) is 9.59 Å². The van der Waals surface area contributed by atoms with Gasteiger partial charge in [0.25, 0.3) is 0 Å². The van der Waals surface area contributed by atoms with E-state index in [1.54, 1.807) is 19.1 Å². The third-order valence-corrected chi connectivity index (χ3v) is 4.78. The van der Waals surface area contributed by atoms with Gasteiger partial charge in [-0.15, -0.1) is 24.8 Å². The Labute approximate surface area is 184 Å². The third kappa shape index (κ3) is 6.63. The second-order valence-corrected chi connectivity index (χ2v) is 6.85. The van der Waals surface area contributed by atoms with E-state index in [-0.39, 0.29) is 36.6 Å². The van der Waals surface area contributed by atoms with Crippen molar-refractivity contribution < 1.29 is 9.59 Å². The van der Waals surface area contributed by atoms with Crippen molar-refractivity contribution in [2.45, 2.75) is 31.8 Å². The molecule has 2 amide bonds. The van der Waals surface area contributed by atoms with Crippen LogP contribution in [0.25, 0.3) is 0 Å². The van der Waals surface area contributed by atoms with Crippen LogP contribution in [0.4, 0.5) is 11.4 Å². The van der Waals surface area contributed by atoms with Crippen molar-refractivity contribution in [3.8, 4) is 0 Å². The molecule has 0 spiro atoms. The van der Waals surface area contributed by atoms with Gasteiger partial charge < -0.3 is 21.3 Å². The minimum atomic E-state index is -0.806. The Hall–Kier alpha value is -2.28. The summed E-state index contributed by atoms with van der Waals surface area (Å²) >= 11 is 0. The lowest BCUT2D eigenvalue weighted by Crippen LogP contribution is -2.45. The summed E-state index contributed by atoms with van der Waals surface area (Å²) in [4.78, 5) is 27.1. The van der Waals surface area contributed by atoms with Gasteiger partial charge in [-0.25, -0.2) is 0 Å². The summed E-state index contributed by atoms with van der Waals surface area (Å²) in [5.74, 6) is -0.656. The summed E-state index contributed by atoms with van der Waals surface area (Å²) in [7, 11) is 0. The van der Waals surface area contributed by atoms with Gasteiger partial charge in [0.15, 0.2) is 0 Å². The molecule has 2 aromatic rings. The first-order valence-corrected chi connectivity index (χ1v) is 9.31. The smallest absolute Gasteiger partial charge is 0.246 e. The van der Waals surface area contributed by atoms with E-state index in [0.717, 1.165) is 24.5 Å². The van der Waals surface area contributed by atoms with Gasteiger partial charge in [-0.2, -0.15) is 0 Å². The molecule has 1 saturated heterocycles. The number of hydrogen-bond donors (Lipinski definition) is 3. The van der Waals surface area contributed by atoms with Gasteiger partial charge in [0.2, 0.25) is 11.8 Å². The number of amides is 2. The number of carbonyl (C=O) groups excluding carboxylic acids is 2. The molecule has 0 radical (unpaired) electrons. The van der Waals surface area contributed by atoms with Gasteiger partial charge in [0, 0.05) is 24.5 Å². The average Bonchev–Trinajstić information content (AvgIpc) is 3.23. The topological polar surface area (TPSA) is 87.5 Å². The average molecular weight is 439 g/mol. The number of rotatable bonds is 6. The van der Waals surface area contributed by atoms with Crippen molar-refractivity contribution in [2.75, 3.05) is 23.3 Å². The van der Waals surface area contributed by atoms with Crippen molar-refractivity contribution >= 4 is 48.0 Å². The Kier molecular flexibility index (Phi) is 9.95. The van der Waals surface area contributed by atoms with Crippen LogP contribution in [-0.4, -0.2) is 30.9 Å². The number of hydrogen-bond acceptors (Lipinski definition) is 4. The first-order chi connectivity index (χ1) is 13.0. The molecule has 29 heavy (non-hydrogen) atoms. The number of nitrogens with two attached hydrogens (primary N) is 1. The Bertz CT molecular complexity index is 798. The maximum Gasteiger partial charge on any atom is 0.246 e. The number of nitrogens with zero attached hydrogens (tertiary/aromatic N) is 1. The molecule has 3 rings (SSSR count). The lowest BCUT2D eigenvalue weighted by atomic mass is 10.1. The fourth-order valence-electron chi connectivity index (χ4n) is 3.19. The highest BCUT2D eigenvalue weighted by molar-refractivity contribution is 5.98. The van der Waals surface area contributed by atoms with E-state index < -0.39 is 12.1 Å². The Morgan fingerprint density at radius 1 is 0.966 bits per heavy atom. The summed E-state index contributed by atoms with van der Waals surface area (Å²) in [6, 6.07) is 15.4. The molecule has 2 unspecified atom stereocenters. The minimum Gasteiger partial charge on any atom is -0.371 e. The zero-order valence-electron chi connectivity index (χ0n) is 16.3. The third-order valence-electron chi connectivity index (χ3n) is 4.78. The molecule has 0 saturated carbocycles. The molecule has 4 N–H and O–H groups in total. The van der Waals surface area contributed by atoms with Crippen LogP contribution in [0.15, 0.2) is 54.6 Å². The number of benzene rings is 2. The predicted octanol–water partition coefficient (Wildman–Crippen LogP) is 3.27. The van der Waals surface area contributed by atoms with Crippen molar-refractivity contribution in [3.05, 3.63) is 60.2 Å². The van der Waals surface area contributed by atoms with Crippen LogP contribution in [0.3, 0.4) is 0 Å². The summed E-state index contributed by atoms with van der Waals surface area (Å²) < 4.78 is 0. The summed E-state index contributed by atoms with van der Waals surface area (Å²) in [5, 5.41) is 5.55. The summed E-state index contributed by atoms with van der Waals surface area (Å²) in [6.45, 7) is 3.73. The zero-order chi connectivity index (χ0) is 19.2. The van der Waals surface area contributed by atoms with Gasteiger partial charge in [-0.3, -0.25) is 9.59 Å². The van der Waals surface area contributed by atoms with Gasteiger partial charge in [0.1, 0.15) is 12.1 Å². The second-order valence-electron chi connectivity index (χ2n) is 6.85.